The molecule has 202 valence electrons. The summed E-state index contributed by atoms with van der Waals surface area (Å²) in [5.74, 6) is -0.948. The number of carbonyl (C=O) groups excluding carboxylic acids is 3. The van der Waals surface area contributed by atoms with Gasteiger partial charge in [0.15, 0.2) is 6.61 Å². The highest BCUT2D eigenvalue weighted by Gasteiger charge is 2.31. The van der Waals surface area contributed by atoms with Crippen molar-refractivity contribution < 1.29 is 29.0 Å². The van der Waals surface area contributed by atoms with Gasteiger partial charge in [0.25, 0.3) is 11.1 Å². The fourth-order valence-electron chi connectivity index (χ4n) is 4.58. The van der Waals surface area contributed by atoms with Crippen molar-refractivity contribution in [3.8, 4) is 16.9 Å². The quantitative estimate of drug-likeness (QED) is 0.295. The number of aliphatic carboxylic acids is 1. The molecule has 4 aromatic rings. The maximum absolute atomic E-state index is 13.2. The Balaban J connectivity index is 1.24. The molecule has 0 aromatic heterocycles. The number of carboxylic acid groups (broad SMARTS) is 1. The summed E-state index contributed by atoms with van der Waals surface area (Å²) in [5.41, 5.74) is 4.54. The van der Waals surface area contributed by atoms with E-state index in [4.69, 9.17) is 9.84 Å². The monoisotopic (exact) mass is 554 g/mol. The molecule has 3 amide bonds. The third-order valence-electron chi connectivity index (χ3n) is 6.59. The van der Waals surface area contributed by atoms with Crippen LogP contribution in [0, 0.1) is 0 Å². The molecular weight excluding hydrogens is 528 g/mol. The molecule has 0 bridgehead atoms. The van der Waals surface area contributed by atoms with Crippen molar-refractivity contribution in [1.82, 2.24) is 10.2 Å². The van der Waals surface area contributed by atoms with Crippen LogP contribution in [0.2, 0.25) is 0 Å². The van der Waals surface area contributed by atoms with Crippen LogP contribution in [0.25, 0.3) is 21.9 Å². The molecule has 1 aliphatic rings. The Hall–Kier alpha value is -4.63. The van der Waals surface area contributed by atoms with Gasteiger partial charge in [-0.2, -0.15) is 0 Å². The average Bonchev–Trinajstić information content (AvgIpc) is 3.27. The van der Waals surface area contributed by atoms with Crippen LogP contribution in [0.3, 0.4) is 0 Å². The highest BCUT2D eigenvalue weighted by molar-refractivity contribution is 8.15. The summed E-state index contributed by atoms with van der Waals surface area (Å²) in [5, 5.41) is 12.1. The summed E-state index contributed by atoms with van der Waals surface area (Å²) in [6.07, 6.45) is 0.490. The maximum Gasteiger partial charge on any atom is 0.341 e. The molecule has 5 rings (SSSR count). The van der Waals surface area contributed by atoms with Crippen molar-refractivity contribution in [3.05, 3.63) is 102 Å². The van der Waals surface area contributed by atoms with Crippen LogP contribution in [0.15, 0.2) is 84.9 Å². The number of nitrogens with one attached hydrogen (secondary N) is 1. The lowest BCUT2D eigenvalue weighted by Gasteiger charge is -2.18. The number of imide groups is 1. The molecule has 0 aliphatic carbocycles. The number of hydrogen-bond donors (Lipinski definition) is 2. The zero-order valence-corrected chi connectivity index (χ0v) is 22.4. The van der Waals surface area contributed by atoms with Crippen LogP contribution in [0.4, 0.5) is 4.79 Å². The lowest BCUT2D eigenvalue weighted by atomic mass is 10.00. The van der Waals surface area contributed by atoms with Gasteiger partial charge in [-0.3, -0.25) is 19.7 Å². The Kier molecular flexibility index (Phi) is 7.84. The molecule has 1 fully saturated rings. The SMILES string of the molecule is CN(Cc1cccc(-c2ccc(CC3SC(=O)NC3=O)cc2)c1)C(=O)c1ccc2cc(OCC(=O)O)ccc2c1. The largest absolute Gasteiger partial charge is 0.482 e. The summed E-state index contributed by atoms with van der Waals surface area (Å²) in [4.78, 5) is 48.9. The number of rotatable bonds is 9. The molecule has 1 unspecified atom stereocenters. The maximum atomic E-state index is 13.2. The Bertz CT molecular complexity index is 1620. The first-order valence-corrected chi connectivity index (χ1v) is 13.5. The predicted octanol–water partition coefficient (Wildman–Crippen LogP) is 5.14. The van der Waals surface area contributed by atoms with Gasteiger partial charge >= 0.3 is 5.97 Å². The van der Waals surface area contributed by atoms with Crippen LogP contribution < -0.4 is 10.1 Å². The third-order valence-corrected chi connectivity index (χ3v) is 7.57. The first-order chi connectivity index (χ1) is 19.2. The number of nitrogens with zero attached hydrogens (tertiary/aromatic N) is 1. The molecule has 1 heterocycles. The van der Waals surface area contributed by atoms with E-state index < -0.39 is 17.8 Å². The average molecular weight is 555 g/mol. The van der Waals surface area contributed by atoms with Gasteiger partial charge in [0.1, 0.15) is 5.75 Å². The molecule has 0 saturated carbocycles. The van der Waals surface area contributed by atoms with Gasteiger partial charge in [0.05, 0.1) is 5.25 Å². The van der Waals surface area contributed by atoms with E-state index in [-0.39, 0.29) is 17.1 Å². The zero-order chi connectivity index (χ0) is 28.2. The number of thioether (sulfide) groups is 1. The van der Waals surface area contributed by atoms with Crippen LogP contribution in [0.1, 0.15) is 21.5 Å². The van der Waals surface area contributed by atoms with E-state index in [0.29, 0.717) is 24.3 Å². The molecule has 1 aliphatic heterocycles. The molecule has 9 heteroatoms. The van der Waals surface area contributed by atoms with E-state index >= 15 is 0 Å². The van der Waals surface area contributed by atoms with Crippen molar-refractivity contribution in [2.45, 2.75) is 18.2 Å². The highest BCUT2D eigenvalue weighted by atomic mass is 32.2. The van der Waals surface area contributed by atoms with Crippen LogP contribution in [-0.2, 0) is 22.6 Å². The minimum atomic E-state index is -1.04. The molecule has 40 heavy (non-hydrogen) atoms. The number of fused-ring (bicyclic) bond motifs is 1. The molecular formula is C31H26N2O6S. The summed E-state index contributed by atoms with van der Waals surface area (Å²) in [7, 11) is 1.76. The number of carbonyl (C=O) groups is 4. The minimum absolute atomic E-state index is 0.116. The fourth-order valence-corrected chi connectivity index (χ4v) is 5.44. The first-order valence-electron chi connectivity index (χ1n) is 12.6. The van der Waals surface area contributed by atoms with Crippen LogP contribution in [0.5, 0.6) is 5.75 Å². The van der Waals surface area contributed by atoms with Gasteiger partial charge in [0.2, 0.25) is 5.91 Å². The third kappa shape index (κ3) is 6.32. The molecule has 2 N–H and O–H groups in total. The van der Waals surface area contributed by atoms with Gasteiger partial charge < -0.3 is 14.7 Å². The van der Waals surface area contributed by atoms with E-state index in [1.165, 1.54) is 0 Å². The molecule has 8 nitrogen and oxygen atoms in total. The van der Waals surface area contributed by atoms with Gasteiger partial charge in [-0.15, -0.1) is 0 Å². The highest BCUT2D eigenvalue weighted by Crippen LogP contribution is 2.26. The van der Waals surface area contributed by atoms with E-state index in [9.17, 15) is 19.2 Å². The fraction of sp³-hybridized carbons (Fsp3) is 0.161. The topological polar surface area (TPSA) is 113 Å². The smallest absolute Gasteiger partial charge is 0.341 e. The number of benzene rings is 4. The Morgan fingerprint density at radius 2 is 1.65 bits per heavy atom. The van der Waals surface area contributed by atoms with Gasteiger partial charge in [-0.05, 0) is 69.8 Å². The second-order valence-corrected chi connectivity index (χ2v) is 10.7. The van der Waals surface area contributed by atoms with Crippen LogP contribution in [-0.4, -0.2) is 51.9 Å². The number of carboxylic acids is 1. The second-order valence-electron chi connectivity index (χ2n) is 9.55. The molecule has 4 aromatic carbocycles. The Labute approximate surface area is 234 Å². The van der Waals surface area contributed by atoms with Crippen LogP contribution >= 0.6 is 11.8 Å². The van der Waals surface area contributed by atoms with E-state index in [2.05, 4.69) is 11.4 Å². The summed E-state index contributed by atoms with van der Waals surface area (Å²) < 4.78 is 5.24. The van der Waals surface area contributed by atoms with Gasteiger partial charge in [0, 0.05) is 19.2 Å². The van der Waals surface area contributed by atoms with Crippen molar-refractivity contribution in [3.63, 3.8) is 0 Å². The Morgan fingerprint density at radius 1 is 0.900 bits per heavy atom. The van der Waals surface area contributed by atoms with Gasteiger partial charge in [-0.1, -0.05) is 66.4 Å². The lowest BCUT2D eigenvalue weighted by molar-refractivity contribution is -0.139. The number of amides is 3. The van der Waals surface area contributed by atoms with Crippen molar-refractivity contribution in [2.75, 3.05) is 13.7 Å². The normalized spacial score (nSPS) is 14.7. The summed E-state index contributed by atoms with van der Waals surface area (Å²) in [6.45, 7) is 0.00902. The molecule has 1 atom stereocenters. The minimum Gasteiger partial charge on any atom is -0.482 e. The van der Waals surface area contributed by atoms with Crippen molar-refractivity contribution >= 4 is 45.6 Å². The van der Waals surface area contributed by atoms with Crippen molar-refractivity contribution in [2.24, 2.45) is 0 Å². The summed E-state index contributed by atoms with van der Waals surface area (Å²) in [6, 6.07) is 26.6. The molecule has 1 saturated heterocycles. The second kappa shape index (κ2) is 11.6. The Morgan fingerprint density at radius 3 is 2.38 bits per heavy atom. The van der Waals surface area contributed by atoms with E-state index in [0.717, 1.165) is 44.8 Å². The first kappa shape index (κ1) is 27.0. The standard InChI is InChI=1S/C31H26N2O6S/c1-33(30(37)25-10-9-24-16-26(39-18-28(34)35)12-11-23(24)15-25)17-20-3-2-4-22(13-20)21-7-5-19(6-8-21)14-27-29(36)32-31(38)40-27/h2-13,15-16,27H,14,17-18H2,1H3,(H,34,35)(H,32,36,38). The number of hydrogen-bond acceptors (Lipinski definition) is 6. The molecule has 0 spiro atoms. The zero-order valence-electron chi connectivity index (χ0n) is 21.6. The van der Waals surface area contributed by atoms with Gasteiger partial charge in [-0.25, -0.2) is 4.79 Å². The molecule has 0 radical (unpaired) electrons. The van der Waals surface area contributed by atoms with E-state index in [1.807, 2.05) is 54.6 Å². The lowest BCUT2D eigenvalue weighted by Crippen LogP contribution is -2.26. The van der Waals surface area contributed by atoms with Crippen molar-refractivity contribution in [1.29, 1.82) is 0 Å². The van der Waals surface area contributed by atoms with E-state index in [1.54, 1.807) is 36.2 Å². The number of ether oxygens (including phenoxy) is 1. The predicted molar refractivity (Wildman–Crippen MR) is 153 cm³/mol. The summed E-state index contributed by atoms with van der Waals surface area (Å²) >= 11 is 1.03.